The van der Waals surface area contributed by atoms with Crippen LogP contribution in [-0.2, 0) is 6.42 Å². The molecule has 3 rings (SSSR count). The van der Waals surface area contributed by atoms with E-state index in [9.17, 15) is 0 Å². The average molecular weight is 378 g/mol. The number of hydrogen-bond donors (Lipinski definition) is 2. The van der Waals surface area contributed by atoms with Crippen molar-refractivity contribution in [2.45, 2.75) is 46.5 Å². The standard InChI is InChI=1S/C23H31N5/c1-5-17(6-2)15-28(4)12-8-11-25-23(24)22-20-14-18(19-13-16(19)3)9-7-10-21(20)26-27-22/h7-9,11-12,14-16,19,24H,5-6,10,13H2,1-4H3,(H,26,27)/b12-8+,24-23?,25-11?. The van der Waals surface area contributed by atoms with Crippen LogP contribution in [0.3, 0.4) is 0 Å². The maximum Gasteiger partial charge on any atom is 0.173 e. The second kappa shape index (κ2) is 9.00. The Balaban J connectivity index is 1.69. The van der Waals surface area contributed by atoms with Gasteiger partial charge in [0.15, 0.2) is 5.84 Å². The van der Waals surface area contributed by atoms with E-state index in [2.05, 4.69) is 60.4 Å². The van der Waals surface area contributed by atoms with Gasteiger partial charge >= 0.3 is 0 Å². The van der Waals surface area contributed by atoms with Gasteiger partial charge in [0.1, 0.15) is 5.69 Å². The zero-order valence-corrected chi connectivity index (χ0v) is 17.4. The van der Waals surface area contributed by atoms with E-state index in [1.165, 1.54) is 17.6 Å². The van der Waals surface area contributed by atoms with E-state index >= 15 is 0 Å². The molecule has 5 nitrogen and oxygen atoms in total. The number of amidine groups is 1. The van der Waals surface area contributed by atoms with Gasteiger partial charge in [-0.05, 0) is 48.8 Å². The van der Waals surface area contributed by atoms with Crippen LogP contribution in [0, 0.1) is 17.2 Å². The van der Waals surface area contributed by atoms with Crippen molar-refractivity contribution in [2.24, 2.45) is 16.8 Å². The molecule has 2 aliphatic carbocycles. The maximum absolute atomic E-state index is 8.36. The Morgan fingerprint density at radius 2 is 2.14 bits per heavy atom. The number of aromatic amines is 1. The van der Waals surface area contributed by atoms with Crippen LogP contribution < -0.4 is 0 Å². The van der Waals surface area contributed by atoms with Crippen molar-refractivity contribution < 1.29 is 0 Å². The first-order valence-electron chi connectivity index (χ1n) is 10.2. The molecule has 1 aromatic rings. The van der Waals surface area contributed by atoms with Crippen LogP contribution in [0.15, 0.2) is 46.8 Å². The Morgan fingerprint density at radius 1 is 1.39 bits per heavy atom. The monoisotopic (exact) mass is 377 g/mol. The van der Waals surface area contributed by atoms with Gasteiger partial charge in [-0.3, -0.25) is 10.5 Å². The van der Waals surface area contributed by atoms with Gasteiger partial charge in [-0.25, -0.2) is 4.99 Å². The normalized spacial score (nSPS) is 20.8. The molecular formula is C23H31N5. The van der Waals surface area contributed by atoms with E-state index < -0.39 is 0 Å². The second-order valence-corrected chi connectivity index (χ2v) is 7.66. The van der Waals surface area contributed by atoms with Gasteiger partial charge in [0.25, 0.3) is 0 Å². The topological polar surface area (TPSA) is 68.1 Å². The molecular weight excluding hydrogens is 346 g/mol. The molecule has 0 aliphatic heterocycles. The molecule has 1 heterocycles. The first-order valence-corrected chi connectivity index (χ1v) is 10.2. The minimum atomic E-state index is 0.185. The lowest BCUT2D eigenvalue weighted by Gasteiger charge is -2.09. The van der Waals surface area contributed by atoms with Crippen molar-refractivity contribution in [3.8, 4) is 0 Å². The van der Waals surface area contributed by atoms with Crippen LogP contribution in [-0.4, -0.2) is 34.2 Å². The third-order valence-electron chi connectivity index (χ3n) is 5.49. The lowest BCUT2D eigenvalue weighted by atomic mass is 10.1. The van der Waals surface area contributed by atoms with Crippen LogP contribution in [0.25, 0.3) is 6.08 Å². The van der Waals surface area contributed by atoms with E-state index in [1.807, 2.05) is 24.2 Å². The molecule has 0 saturated heterocycles. The van der Waals surface area contributed by atoms with E-state index in [0.29, 0.717) is 11.6 Å². The number of hydrogen-bond acceptors (Lipinski definition) is 3. The van der Waals surface area contributed by atoms with Gasteiger partial charge in [-0.15, -0.1) is 0 Å². The Hall–Kier alpha value is -2.69. The molecule has 0 bridgehead atoms. The summed E-state index contributed by atoms with van der Waals surface area (Å²) in [4.78, 5) is 6.31. The number of nitrogens with zero attached hydrogens (tertiary/aromatic N) is 3. The summed E-state index contributed by atoms with van der Waals surface area (Å²) in [6, 6.07) is 0. The zero-order chi connectivity index (χ0) is 20.1. The predicted octanol–water partition coefficient (Wildman–Crippen LogP) is 5.11. The molecule has 1 fully saturated rings. The van der Waals surface area contributed by atoms with Crippen LogP contribution >= 0.6 is 0 Å². The highest BCUT2D eigenvalue weighted by Crippen LogP contribution is 2.45. The van der Waals surface area contributed by atoms with Crippen molar-refractivity contribution in [3.05, 3.63) is 58.7 Å². The van der Waals surface area contributed by atoms with Crippen molar-refractivity contribution in [1.29, 1.82) is 5.41 Å². The summed E-state index contributed by atoms with van der Waals surface area (Å²) in [6.07, 6.45) is 18.4. The summed E-state index contributed by atoms with van der Waals surface area (Å²) < 4.78 is 0. The Kier molecular flexibility index (Phi) is 6.45. The Morgan fingerprint density at radius 3 is 2.82 bits per heavy atom. The number of rotatable bonds is 7. The summed E-state index contributed by atoms with van der Waals surface area (Å²) in [5.41, 5.74) is 5.45. The number of aliphatic imine (C=N–C) groups is 1. The summed E-state index contributed by atoms with van der Waals surface area (Å²) in [6.45, 7) is 6.62. The second-order valence-electron chi connectivity index (χ2n) is 7.66. The first-order chi connectivity index (χ1) is 13.5. The van der Waals surface area contributed by atoms with E-state index in [1.54, 1.807) is 6.21 Å². The smallest absolute Gasteiger partial charge is 0.173 e. The van der Waals surface area contributed by atoms with Gasteiger partial charge in [0.05, 0.1) is 0 Å². The summed E-state index contributed by atoms with van der Waals surface area (Å²) in [5, 5.41) is 15.8. The number of fused-ring (bicyclic) bond motifs is 1. The van der Waals surface area contributed by atoms with Crippen molar-refractivity contribution in [3.63, 3.8) is 0 Å². The van der Waals surface area contributed by atoms with E-state index in [0.717, 1.165) is 36.4 Å². The number of aromatic nitrogens is 2. The van der Waals surface area contributed by atoms with Crippen LogP contribution in [0.4, 0.5) is 0 Å². The molecule has 2 N–H and O–H groups in total. The fourth-order valence-electron chi connectivity index (χ4n) is 3.54. The minimum absolute atomic E-state index is 0.185. The summed E-state index contributed by atoms with van der Waals surface area (Å²) >= 11 is 0. The van der Waals surface area contributed by atoms with E-state index in [4.69, 9.17) is 5.41 Å². The quantitative estimate of drug-likeness (QED) is 0.512. The summed E-state index contributed by atoms with van der Waals surface area (Å²) in [5.74, 6) is 1.58. The van der Waals surface area contributed by atoms with Crippen LogP contribution in [0.2, 0.25) is 0 Å². The first kappa shape index (κ1) is 20.1. The molecule has 28 heavy (non-hydrogen) atoms. The van der Waals surface area contributed by atoms with Crippen molar-refractivity contribution in [1.82, 2.24) is 15.1 Å². The number of allylic oxidation sites excluding steroid dienone is 5. The van der Waals surface area contributed by atoms with E-state index in [-0.39, 0.29) is 5.84 Å². The molecule has 2 atom stereocenters. The molecule has 1 saturated carbocycles. The third kappa shape index (κ3) is 4.77. The predicted molar refractivity (Wildman–Crippen MR) is 118 cm³/mol. The van der Waals surface area contributed by atoms with Gasteiger partial charge in [-0.2, -0.15) is 5.10 Å². The average Bonchev–Trinajstić information content (AvgIpc) is 3.35. The lowest BCUT2D eigenvalue weighted by Crippen LogP contribution is -2.02. The molecule has 0 aromatic carbocycles. The number of H-pyrrole nitrogens is 1. The highest BCUT2D eigenvalue weighted by atomic mass is 15.1. The number of nitrogens with one attached hydrogen (secondary N) is 2. The van der Waals surface area contributed by atoms with Crippen molar-refractivity contribution in [2.75, 3.05) is 7.05 Å². The fourth-order valence-corrected chi connectivity index (χ4v) is 3.54. The fraction of sp³-hybridized carbons (Fsp3) is 0.435. The van der Waals surface area contributed by atoms with Gasteiger partial charge in [0.2, 0.25) is 0 Å². The summed E-state index contributed by atoms with van der Waals surface area (Å²) in [7, 11) is 2.01. The molecule has 1 aromatic heterocycles. The highest BCUT2D eigenvalue weighted by Gasteiger charge is 2.35. The molecule has 0 amide bonds. The van der Waals surface area contributed by atoms with Gasteiger partial charge < -0.3 is 4.90 Å². The molecule has 0 radical (unpaired) electrons. The third-order valence-corrected chi connectivity index (χ3v) is 5.49. The minimum Gasteiger partial charge on any atom is -0.357 e. The maximum atomic E-state index is 8.36. The Bertz CT molecular complexity index is 860. The van der Waals surface area contributed by atoms with Crippen molar-refractivity contribution >= 4 is 18.1 Å². The Labute approximate surface area is 168 Å². The SMILES string of the molecule is CCC(=CN(C)/C=C/C=NC(=N)c1n[nH]c2c1C=C(C1CC1C)C=CC2)CC. The molecule has 148 valence electrons. The van der Waals surface area contributed by atoms with Crippen LogP contribution in [0.1, 0.15) is 57.0 Å². The molecule has 5 heteroatoms. The largest absolute Gasteiger partial charge is 0.357 e. The van der Waals surface area contributed by atoms with Gasteiger partial charge in [-0.1, -0.05) is 38.5 Å². The zero-order valence-electron chi connectivity index (χ0n) is 17.4. The molecule has 0 spiro atoms. The van der Waals surface area contributed by atoms with Gasteiger partial charge in [0, 0.05) is 43.3 Å². The molecule has 2 aliphatic rings. The molecule has 2 unspecified atom stereocenters. The lowest BCUT2D eigenvalue weighted by molar-refractivity contribution is 0.612. The highest BCUT2D eigenvalue weighted by molar-refractivity contribution is 6.03. The van der Waals surface area contributed by atoms with Crippen LogP contribution in [0.5, 0.6) is 0 Å².